The number of fused-ring (bicyclic) bond motifs is 1. The number of nitrogens with zero attached hydrogens (tertiary/aromatic N) is 5. The fourth-order valence-electron chi connectivity index (χ4n) is 4.96. The highest BCUT2D eigenvalue weighted by atomic mass is 19.1. The predicted molar refractivity (Wildman–Crippen MR) is 168 cm³/mol. The molecule has 1 aliphatic rings. The van der Waals surface area contributed by atoms with Crippen LogP contribution in [-0.2, 0) is 4.74 Å². The van der Waals surface area contributed by atoms with Crippen LogP contribution in [0.5, 0.6) is 23.1 Å². The lowest BCUT2D eigenvalue weighted by molar-refractivity contribution is 0.0357. The minimum Gasteiger partial charge on any atom is -0.493 e. The third-order valence-electron chi connectivity index (χ3n) is 7.34. The molecule has 1 amide bonds. The Kier molecular flexibility index (Phi) is 9.41. The maximum absolute atomic E-state index is 13.3. The number of hydrogen-bond acceptors (Lipinski definition) is 10. The van der Waals surface area contributed by atoms with Crippen LogP contribution in [0.4, 0.5) is 10.1 Å². The largest absolute Gasteiger partial charge is 0.493 e. The molecular formula is C33H31FN6O6. The van der Waals surface area contributed by atoms with Gasteiger partial charge < -0.3 is 24.3 Å². The number of aromatic nitrogens is 4. The monoisotopic (exact) mass is 626 g/mol. The van der Waals surface area contributed by atoms with Crippen LogP contribution in [0.15, 0.2) is 84.0 Å². The van der Waals surface area contributed by atoms with Crippen LogP contribution in [0.2, 0.25) is 0 Å². The first-order valence-corrected chi connectivity index (χ1v) is 14.7. The summed E-state index contributed by atoms with van der Waals surface area (Å²) in [6.45, 7) is 4.88. The highest BCUT2D eigenvalue weighted by Crippen LogP contribution is 2.37. The smallest absolute Gasteiger partial charge is 0.284 e. The Morgan fingerprint density at radius 1 is 0.978 bits per heavy atom. The van der Waals surface area contributed by atoms with Gasteiger partial charge in [-0.15, -0.1) is 0 Å². The van der Waals surface area contributed by atoms with Crippen LogP contribution in [0.3, 0.4) is 0 Å². The van der Waals surface area contributed by atoms with Gasteiger partial charge in [-0.25, -0.2) is 9.37 Å². The number of carbonyl (C=O) groups excluding carboxylic acids is 1. The van der Waals surface area contributed by atoms with E-state index >= 15 is 0 Å². The van der Waals surface area contributed by atoms with Crippen LogP contribution < -0.4 is 25.1 Å². The van der Waals surface area contributed by atoms with Crippen molar-refractivity contribution in [2.24, 2.45) is 0 Å². The number of pyridine rings is 2. The average molecular weight is 627 g/mol. The zero-order valence-electron chi connectivity index (χ0n) is 25.0. The quantitative estimate of drug-likeness (QED) is 0.210. The number of hydrogen-bond donors (Lipinski definition) is 1. The van der Waals surface area contributed by atoms with Gasteiger partial charge in [-0.05, 0) is 55.0 Å². The molecule has 4 heterocycles. The number of anilines is 1. The summed E-state index contributed by atoms with van der Waals surface area (Å²) < 4.78 is 37.5. The Morgan fingerprint density at radius 3 is 2.57 bits per heavy atom. The molecule has 0 unspecified atom stereocenters. The third kappa shape index (κ3) is 7.11. The lowest BCUT2D eigenvalue weighted by atomic mass is 10.2. The highest BCUT2D eigenvalue weighted by molar-refractivity contribution is 6.03. The van der Waals surface area contributed by atoms with Crippen molar-refractivity contribution >= 4 is 22.5 Å². The number of rotatable bonds is 11. The summed E-state index contributed by atoms with van der Waals surface area (Å²) in [5.74, 6) is 0.827. The summed E-state index contributed by atoms with van der Waals surface area (Å²) in [6.07, 6.45) is 5.25. The van der Waals surface area contributed by atoms with Gasteiger partial charge in [-0.2, -0.15) is 9.78 Å². The van der Waals surface area contributed by atoms with Crippen molar-refractivity contribution in [1.82, 2.24) is 24.6 Å². The first-order chi connectivity index (χ1) is 22.5. The first-order valence-electron chi connectivity index (χ1n) is 14.7. The van der Waals surface area contributed by atoms with Crippen molar-refractivity contribution in [3.05, 3.63) is 101 Å². The van der Waals surface area contributed by atoms with Crippen molar-refractivity contribution in [2.75, 3.05) is 51.9 Å². The normalized spacial score (nSPS) is 13.3. The Balaban J connectivity index is 1.11. The molecule has 1 N–H and O–H groups in total. The molecule has 0 atom stereocenters. The molecule has 3 aromatic heterocycles. The van der Waals surface area contributed by atoms with Gasteiger partial charge in [0.15, 0.2) is 11.5 Å². The van der Waals surface area contributed by atoms with Gasteiger partial charge >= 0.3 is 0 Å². The second-order valence-electron chi connectivity index (χ2n) is 10.4. The van der Waals surface area contributed by atoms with Crippen molar-refractivity contribution < 1.29 is 28.1 Å². The standard InChI is InChI=1S/C33H31FN6O6/c1-43-29-19-26-27(20-30(29)45-16-2-13-39-14-17-44-18-15-39)35-11-10-28(26)46-31-8-5-23(21-36-31)38-32(41)25-9-12-37-40(33(25)42)24-6-3-22(34)4-7-24/h3-12,19-21H,2,13-18H2,1H3,(H,38,41). The molecule has 0 aliphatic carbocycles. The molecule has 1 saturated heterocycles. The van der Waals surface area contributed by atoms with Gasteiger partial charge in [0.05, 0.1) is 50.0 Å². The van der Waals surface area contributed by atoms with E-state index in [9.17, 15) is 14.0 Å². The average Bonchev–Trinajstić information content (AvgIpc) is 3.08. The first kappa shape index (κ1) is 30.6. The summed E-state index contributed by atoms with van der Waals surface area (Å²) >= 11 is 0. The molecular weight excluding hydrogens is 595 g/mol. The van der Waals surface area contributed by atoms with Gasteiger partial charge in [0.1, 0.15) is 17.1 Å². The van der Waals surface area contributed by atoms with Crippen LogP contribution in [0.1, 0.15) is 16.8 Å². The maximum Gasteiger partial charge on any atom is 0.284 e. The summed E-state index contributed by atoms with van der Waals surface area (Å²) in [4.78, 5) is 37.0. The van der Waals surface area contributed by atoms with Gasteiger partial charge in [-0.3, -0.25) is 19.5 Å². The minimum atomic E-state index is -0.652. The number of morpholine rings is 1. The van der Waals surface area contributed by atoms with Crippen molar-refractivity contribution in [3.63, 3.8) is 0 Å². The van der Waals surface area contributed by atoms with E-state index in [-0.39, 0.29) is 11.4 Å². The van der Waals surface area contributed by atoms with Crippen molar-refractivity contribution in [1.29, 1.82) is 0 Å². The van der Waals surface area contributed by atoms with E-state index in [1.54, 1.807) is 31.5 Å². The lowest BCUT2D eigenvalue weighted by Gasteiger charge is -2.26. The lowest BCUT2D eigenvalue weighted by Crippen LogP contribution is -2.37. The van der Waals surface area contributed by atoms with Crippen LogP contribution in [-0.4, -0.2) is 77.1 Å². The topological polar surface area (TPSA) is 130 Å². The van der Waals surface area contributed by atoms with Gasteiger partial charge in [-0.1, -0.05) is 0 Å². The van der Waals surface area contributed by atoms with Crippen molar-refractivity contribution in [2.45, 2.75) is 6.42 Å². The van der Waals surface area contributed by atoms with Crippen LogP contribution >= 0.6 is 0 Å². The molecule has 12 nitrogen and oxygen atoms in total. The Morgan fingerprint density at radius 2 is 1.80 bits per heavy atom. The molecule has 1 fully saturated rings. The molecule has 2 aromatic carbocycles. The number of amides is 1. The number of carbonyl (C=O) groups is 1. The molecule has 46 heavy (non-hydrogen) atoms. The molecule has 0 saturated carbocycles. The minimum absolute atomic E-state index is 0.141. The molecule has 0 radical (unpaired) electrons. The fraction of sp³-hybridized carbons (Fsp3) is 0.242. The second kappa shape index (κ2) is 14.1. The van der Waals surface area contributed by atoms with E-state index in [4.69, 9.17) is 18.9 Å². The zero-order chi connectivity index (χ0) is 31.9. The Hall–Kier alpha value is -5.40. The van der Waals surface area contributed by atoms with Crippen molar-refractivity contribution in [3.8, 4) is 28.8 Å². The number of benzene rings is 2. The van der Waals surface area contributed by atoms with E-state index in [0.717, 1.165) is 44.0 Å². The number of nitrogens with one attached hydrogen (secondary N) is 1. The molecule has 0 bridgehead atoms. The SMILES string of the molecule is COc1cc2c(Oc3ccc(NC(=O)c4ccnn(-c5ccc(F)cc5)c4=O)cn3)ccnc2cc1OCCCN1CCOCC1. The summed E-state index contributed by atoms with van der Waals surface area (Å²) in [6, 6.07) is 15.1. The van der Waals surface area contributed by atoms with E-state index in [2.05, 4.69) is 25.3 Å². The number of halogens is 1. The van der Waals surface area contributed by atoms with E-state index < -0.39 is 17.3 Å². The molecule has 1 aliphatic heterocycles. The summed E-state index contributed by atoms with van der Waals surface area (Å²) in [5.41, 5.74) is 0.541. The maximum atomic E-state index is 13.3. The number of methoxy groups -OCH3 is 1. The van der Waals surface area contributed by atoms with E-state index in [1.165, 1.54) is 42.7 Å². The van der Waals surface area contributed by atoms with E-state index in [1.807, 2.05) is 12.1 Å². The third-order valence-corrected chi connectivity index (χ3v) is 7.34. The molecule has 6 rings (SSSR count). The fourth-order valence-corrected chi connectivity index (χ4v) is 4.96. The summed E-state index contributed by atoms with van der Waals surface area (Å²) in [5, 5.41) is 7.36. The molecule has 236 valence electrons. The van der Waals surface area contributed by atoms with Gasteiger partial charge in [0, 0.05) is 49.5 Å². The molecule has 5 aromatic rings. The van der Waals surface area contributed by atoms with E-state index in [0.29, 0.717) is 46.1 Å². The van der Waals surface area contributed by atoms with Crippen LogP contribution in [0.25, 0.3) is 16.6 Å². The predicted octanol–water partition coefficient (Wildman–Crippen LogP) is 4.47. The summed E-state index contributed by atoms with van der Waals surface area (Å²) in [7, 11) is 1.58. The highest BCUT2D eigenvalue weighted by Gasteiger charge is 2.16. The van der Waals surface area contributed by atoms with Gasteiger partial charge in [0.25, 0.3) is 11.5 Å². The molecule has 13 heteroatoms. The molecule has 0 spiro atoms. The van der Waals surface area contributed by atoms with Gasteiger partial charge in [0.2, 0.25) is 5.88 Å². The Labute approximate surface area is 263 Å². The second-order valence-corrected chi connectivity index (χ2v) is 10.4. The Bertz CT molecular complexity index is 1880. The van der Waals surface area contributed by atoms with Crippen LogP contribution in [0, 0.1) is 5.82 Å². The number of ether oxygens (including phenoxy) is 4. The zero-order valence-corrected chi connectivity index (χ0v) is 25.0.